The van der Waals surface area contributed by atoms with Gasteiger partial charge in [0.25, 0.3) is 0 Å². The van der Waals surface area contributed by atoms with E-state index in [9.17, 15) is 9.59 Å². The van der Waals surface area contributed by atoms with Gasteiger partial charge in [-0.15, -0.1) is 0 Å². The summed E-state index contributed by atoms with van der Waals surface area (Å²) in [5, 5.41) is 0. The van der Waals surface area contributed by atoms with Crippen molar-refractivity contribution >= 4 is 32.5 Å². The summed E-state index contributed by atoms with van der Waals surface area (Å²) in [6.45, 7) is 8.02. The van der Waals surface area contributed by atoms with Gasteiger partial charge in [-0.05, 0) is 41.6 Å². The van der Waals surface area contributed by atoms with E-state index >= 15 is 0 Å². The van der Waals surface area contributed by atoms with Gasteiger partial charge in [0, 0.05) is 20.0 Å². The molecule has 4 unspecified atom stereocenters. The van der Waals surface area contributed by atoms with Crippen LogP contribution in [0.3, 0.4) is 0 Å². The maximum Gasteiger partial charge on any atom is 0.327 e. The smallest absolute Gasteiger partial charge is 0.304 e. The molecule has 0 aromatic heterocycles. The summed E-state index contributed by atoms with van der Waals surface area (Å²) in [4.78, 5) is 31.2. The highest BCUT2D eigenvalue weighted by Gasteiger charge is 2.41. The van der Waals surface area contributed by atoms with E-state index in [1.807, 2.05) is 20.8 Å². The molecule has 0 N–H and O–H groups in total. The summed E-state index contributed by atoms with van der Waals surface area (Å²) in [7, 11) is 3.21. The van der Waals surface area contributed by atoms with Gasteiger partial charge in [0.1, 0.15) is 6.17 Å². The molecule has 0 aromatic carbocycles. The second kappa shape index (κ2) is 7.38. The Balaban J connectivity index is 0.00000106. The van der Waals surface area contributed by atoms with Crippen molar-refractivity contribution in [3.05, 3.63) is 0 Å². The topological polar surface area (TPSA) is 53.0 Å². The Morgan fingerprint density at radius 1 is 1.19 bits per heavy atom. The largest absolute Gasteiger partial charge is 0.327 e. The van der Waals surface area contributed by atoms with Crippen molar-refractivity contribution in [2.75, 3.05) is 14.1 Å². The lowest BCUT2D eigenvalue weighted by atomic mass is 9.76. The van der Waals surface area contributed by atoms with Gasteiger partial charge in [-0.25, -0.2) is 4.79 Å². The van der Waals surface area contributed by atoms with Crippen molar-refractivity contribution < 1.29 is 9.59 Å². The molecule has 120 valence electrons. The van der Waals surface area contributed by atoms with Gasteiger partial charge >= 0.3 is 6.03 Å². The van der Waals surface area contributed by atoms with E-state index in [2.05, 4.69) is 27.8 Å². The number of halogens is 1. The molecule has 4 atom stereocenters. The van der Waals surface area contributed by atoms with E-state index in [0.717, 1.165) is 15.9 Å². The number of amides is 3. The molecule has 1 saturated heterocycles. The number of nitrogens with zero attached hydrogens (tertiary/aromatic N) is 3. The van der Waals surface area contributed by atoms with Crippen molar-refractivity contribution in [1.29, 1.82) is 0 Å². The zero-order chi connectivity index (χ0) is 16.3. The molecule has 1 heterocycles. The average Bonchev–Trinajstić information content (AvgIpc) is 2.48. The number of carbonyl (C=O) groups is 2. The highest BCUT2D eigenvalue weighted by molar-refractivity contribution is 9.18. The molecule has 0 radical (unpaired) electrons. The maximum atomic E-state index is 12.0. The quantitative estimate of drug-likeness (QED) is 0.710. The van der Waals surface area contributed by atoms with Gasteiger partial charge in [0.15, 0.2) is 0 Å². The Morgan fingerprint density at radius 3 is 2.19 bits per heavy atom. The summed E-state index contributed by atoms with van der Waals surface area (Å²) in [5.74, 6) is 0.580. The van der Waals surface area contributed by atoms with Gasteiger partial charge in [0.2, 0.25) is 5.91 Å². The first-order valence-electron chi connectivity index (χ1n) is 7.62. The molecule has 1 saturated carbocycles. The number of carbonyl (C=O) groups excluding carboxylic acids is 2. The minimum atomic E-state index is -0.404. The molecule has 1 aliphatic carbocycles. The minimum absolute atomic E-state index is 0.168. The molecule has 6 heteroatoms. The van der Waals surface area contributed by atoms with Gasteiger partial charge in [-0.2, -0.15) is 0 Å². The summed E-state index contributed by atoms with van der Waals surface area (Å²) in [6, 6.07) is -0.293. The molecule has 21 heavy (non-hydrogen) atoms. The van der Waals surface area contributed by atoms with Gasteiger partial charge in [-0.3, -0.25) is 14.7 Å². The van der Waals surface area contributed by atoms with Gasteiger partial charge < -0.3 is 4.90 Å². The van der Waals surface area contributed by atoms with E-state index in [1.54, 1.807) is 7.05 Å². The van der Waals surface area contributed by atoms with Crippen LogP contribution in [0.25, 0.3) is 0 Å². The standard InChI is InChI=1S/C13H20BrN3O2.C2H6/c1-7-5-6-9(7)10(14)15-11-8(2)12(18)17(4)13(19)16(11)3;1-2/h7-9,11H,5-6H2,1-4H3;1-2H3/b15-10+;. The van der Waals surface area contributed by atoms with Crippen LogP contribution in [0, 0.1) is 17.8 Å². The van der Waals surface area contributed by atoms with E-state index in [4.69, 9.17) is 0 Å². The molecule has 0 bridgehead atoms. The van der Waals surface area contributed by atoms with Gasteiger partial charge in [0.05, 0.1) is 10.5 Å². The maximum absolute atomic E-state index is 12.0. The molecule has 2 rings (SSSR count). The van der Waals surface area contributed by atoms with Crippen LogP contribution in [0.15, 0.2) is 4.99 Å². The zero-order valence-electron chi connectivity index (χ0n) is 13.8. The Hall–Kier alpha value is -0.910. The van der Waals surface area contributed by atoms with Crippen molar-refractivity contribution in [3.8, 4) is 0 Å². The second-order valence-electron chi connectivity index (χ2n) is 5.61. The number of hydrogen-bond donors (Lipinski definition) is 0. The average molecular weight is 360 g/mol. The summed E-state index contributed by atoms with van der Waals surface area (Å²) < 4.78 is 0.889. The zero-order valence-corrected chi connectivity index (χ0v) is 15.3. The fourth-order valence-corrected chi connectivity index (χ4v) is 3.54. The molecule has 0 spiro atoms. The molecular formula is C15H26BrN3O2. The van der Waals surface area contributed by atoms with Crippen LogP contribution in [0.2, 0.25) is 0 Å². The van der Waals surface area contributed by atoms with Crippen molar-refractivity contribution in [2.24, 2.45) is 22.7 Å². The Kier molecular flexibility index (Phi) is 6.38. The van der Waals surface area contributed by atoms with E-state index < -0.39 is 6.17 Å². The van der Waals surface area contributed by atoms with Crippen LogP contribution in [0.1, 0.15) is 40.5 Å². The predicted octanol–water partition coefficient (Wildman–Crippen LogP) is 3.34. The van der Waals surface area contributed by atoms with Crippen molar-refractivity contribution in [1.82, 2.24) is 9.80 Å². The fraction of sp³-hybridized carbons (Fsp3) is 0.800. The second-order valence-corrected chi connectivity index (χ2v) is 6.42. The molecule has 3 amide bonds. The number of imide groups is 1. The van der Waals surface area contributed by atoms with E-state index in [1.165, 1.54) is 18.4 Å². The van der Waals surface area contributed by atoms with Crippen LogP contribution in [0.4, 0.5) is 4.79 Å². The molecule has 2 fully saturated rings. The highest BCUT2D eigenvalue weighted by atomic mass is 79.9. The number of aliphatic imine (C=N–C) groups is 1. The highest BCUT2D eigenvalue weighted by Crippen LogP contribution is 2.37. The first-order chi connectivity index (χ1) is 9.84. The predicted molar refractivity (Wildman–Crippen MR) is 88.5 cm³/mol. The molecule has 5 nitrogen and oxygen atoms in total. The summed E-state index contributed by atoms with van der Waals surface area (Å²) in [6.07, 6.45) is 1.93. The van der Waals surface area contributed by atoms with Crippen molar-refractivity contribution in [3.63, 3.8) is 0 Å². The Bertz CT molecular complexity index is 417. The first kappa shape index (κ1) is 18.1. The lowest BCUT2D eigenvalue weighted by molar-refractivity contribution is -0.136. The lowest BCUT2D eigenvalue weighted by Gasteiger charge is -2.39. The molecule has 2 aliphatic rings. The van der Waals surface area contributed by atoms with Crippen LogP contribution < -0.4 is 0 Å². The summed E-state index contributed by atoms with van der Waals surface area (Å²) in [5.41, 5.74) is 0. The number of urea groups is 1. The van der Waals surface area contributed by atoms with Crippen LogP contribution >= 0.6 is 15.9 Å². The Morgan fingerprint density at radius 2 is 1.76 bits per heavy atom. The van der Waals surface area contributed by atoms with Crippen LogP contribution in [-0.4, -0.2) is 46.6 Å². The monoisotopic (exact) mass is 359 g/mol. The minimum Gasteiger partial charge on any atom is -0.304 e. The Labute approximate surface area is 135 Å². The van der Waals surface area contributed by atoms with Crippen molar-refractivity contribution in [2.45, 2.75) is 46.7 Å². The SMILES string of the molecule is CC.CC1CCC1/C(Br)=N\C1C(C)C(=O)N(C)C(=O)N1C. The van der Waals surface area contributed by atoms with Crippen LogP contribution in [-0.2, 0) is 4.79 Å². The third kappa shape index (κ3) is 3.47. The van der Waals surface area contributed by atoms with E-state index in [-0.39, 0.29) is 17.9 Å². The number of rotatable bonds is 2. The molecular weight excluding hydrogens is 334 g/mol. The fourth-order valence-electron chi connectivity index (χ4n) is 2.65. The summed E-state index contributed by atoms with van der Waals surface area (Å²) >= 11 is 3.53. The van der Waals surface area contributed by atoms with E-state index in [0.29, 0.717) is 11.8 Å². The van der Waals surface area contributed by atoms with Gasteiger partial charge in [-0.1, -0.05) is 20.8 Å². The normalized spacial score (nSPS) is 33.4. The molecule has 0 aromatic rings. The number of hydrogen-bond acceptors (Lipinski definition) is 3. The molecule has 1 aliphatic heterocycles. The lowest BCUT2D eigenvalue weighted by Crippen LogP contribution is -2.57. The first-order valence-corrected chi connectivity index (χ1v) is 8.41. The van der Waals surface area contributed by atoms with Crippen LogP contribution in [0.5, 0.6) is 0 Å². The third-order valence-corrected chi connectivity index (χ3v) is 5.13. The third-order valence-electron chi connectivity index (χ3n) is 4.33.